The molecule has 0 aromatic heterocycles. The van der Waals surface area contributed by atoms with Crippen molar-refractivity contribution in [3.05, 3.63) is 0 Å². The second-order valence-corrected chi connectivity index (χ2v) is 4.38. The highest BCUT2D eigenvalue weighted by molar-refractivity contribution is 7.79. The monoisotopic (exact) mass is 222 g/mol. The average molecular weight is 222 g/mol. The average Bonchev–Trinajstić information content (AvgIpc) is 2.13. The Labute approximate surface area is 87.3 Å². The molecule has 14 heavy (non-hydrogen) atoms. The molecule has 4 nitrogen and oxygen atoms in total. The Morgan fingerprint density at radius 1 is 1.57 bits per heavy atom. The van der Waals surface area contributed by atoms with E-state index in [1.807, 2.05) is 13.8 Å². The van der Waals surface area contributed by atoms with Gasteiger partial charge >= 0.3 is 5.97 Å². The van der Waals surface area contributed by atoms with Gasteiger partial charge in [-0.2, -0.15) is 0 Å². The van der Waals surface area contributed by atoms with Crippen molar-refractivity contribution < 1.29 is 18.3 Å². The first-order valence-electron chi connectivity index (χ1n) is 4.79. The van der Waals surface area contributed by atoms with Crippen LogP contribution in [0.5, 0.6) is 0 Å². The zero-order valence-electron chi connectivity index (χ0n) is 8.69. The number of rotatable bonds is 7. The molecule has 0 aromatic rings. The number of carbonyl (C=O) groups excluding carboxylic acids is 1. The summed E-state index contributed by atoms with van der Waals surface area (Å²) in [4.78, 5) is 11.0. The van der Waals surface area contributed by atoms with E-state index in [0.29, 0.717) is 18.9 Å². The fourth-order valence-corrected chi connectivity index (χ4v) is 1.16. The lowest BCUT2D eigenvalue weighted by Crippen LogP contribution is -2.12. The van der Waals surface area contributed by atoms with Crippen molar-refractivity contribution in [1.29, 1.82) is 0 Å². The summed E-state index contributed by atoms with van der Waals surface area (Å²) in [5.74, 6) is 0.236. The lowest BCUT2D eigenvalue weighted by molar-refractivity contribution is -0.144. The van der Waals surface area contributed by atoms with Crippen LogP contribution in [0.15, 0.2) is 0 Å². The molecule has 0 aliphatic heterocycles. The van der Waals surface area contributed by atoms with Crippen molar-refractivity contribution in [3.63, 3.8) is 0 Å². The molecule has 0 spiro atoms. The van der Waals surface area contributed by atoms with E-state index in [4.69, 9.17) is 9.29 Å². The van der Waals surface area contributed by atoms with Gasteiger partial charge in [0.25, 0.3) is 0 Å². The second kappa shape index (κ2) is 7.94. The van der Waals surface area contributed by atoms with Gasteiger partial charge in [0.05, 0.1) is 6.61 Å². The van der Waals surface area contributed by atoms with Crippen molar-refractivity contribution >= 4 is 17.0 Å². The fraction of sp³-hybridized carbons (Fsp3) is 0.889. The molecule has 2 unspecified atom stereocenters. The molecule has 5 heteroatoms. The van der Waals surface area contributed by atoms with E-state index in [1.54, 1.807) is 0 Å². The highest BCUT2D eigenvalue weighted by atomic mass is 32.2. The van der Waals surface area contributed by atoms with E-state index in [-0.39, 0.29) is 18.1 Å². The molecule has 0 heterocycles. The second-order valence-electron chi connectivity index (χ2n) is 3.33. The molecule has 0 radical (unpaired) electrons. The summed E-state index contributed by atoms with van der Waals surface area (Å²) in [6.07, 6.45) is 1.61. The number of carbonyl (C=O) groups is 1. The molecule has 2 atom stereocenters. The molecule has 0 aromatic carbocycles. The Morgan fingerprint density at radius 3 is 2.71 bits per heavy atom. The summed E-state index contributed by atoms with van der Waals surface area (Å²) >= 11 is -1.80. The molecule has 0 aliphatic rings. The van der Waals surface area contributed by atoms with Crippen LogP contribution in [-0.4, -0.2) is 27.1 Å². The van der Waals surface area contributed by atoms with Gasteiger partial charge in [-0.25, -0.2) is 4.21 Å². The van der Waals surface area contributed by atoms with Crippen LogP contribution in [0.25, 0.3) is 0 Å². The third-order valence-corrected chi connectivity index (χ3v) is 2.56. The van der Waals surface area contributed by atoms with Gasteiger partial charge in [-0.15, -0.1) is 0 Å². The lowest BCUT2D eigenvalue weighted by atomic mass is 10.1. The number of hydrogen-bond donors (Lipinski definition) is 1. The Bertz CT molecular complexity index is 193. The Hall–Kier alpha value is -0.420. The molecule has 0 fully saturated rings. The van der Waals surface area contributed by atoms with E-state index in [2.05, 4.69) is 0 Å². The first-order valence-corrected chi connectivity index (χ1v) is 6.07. The van der Waals surface area contributed by atoms with E-state index in [0.717, 1.165) is 6.42 Å². The smallest absolute Gasteiger partial charge is 0.305 e. The maximum absolute atomic E-state index is 11.0. The highest BCUT2D eigenvalue weighted by Crippen LogP contribution is 2.02. The van der Waals surface area contributed by atoms with Crippen molar-refractivity contribution in [3.8, 4) is 0 Å². The predicted octanol–water partition coefficient (Wildman–Crippen LogP) is 1.58. The maximum atomic E-state index is 11.0. The summed E-state index contributed by atoms with van der Waals surface area (Å²) in [7, 11) is 0. The summed E-state index contributed by atoms with van der Waals surface area (Å²) in [6, 6.07) is 0. The first kappa shape index (κ1) is 13.6. The van der Waals surface area contributed by atoms with Gasteiger partial charge in [-0.1, -0.05) is 20.3 Å². The molecule has 0 amide bonds. The van der Waals surface area contributed by atoms with Crippen molar-refractivity contribution in [2.24, 2.45) is 5.92 Å². The maximum Gasteiger partial charge on any atom is 0.305 e. The van der Waals surface area contributed by atoms with Gasteiger partial charge in [0.1, 0.15) is 0 Å². The number of esters is 1. The van der Waals surface area contributed by atoms with Crippen molar-refractivity contribution in [1.82, 2.24) is 0 Å². The normalized spacial score (nSPS) is 14.8. The third-order valence-electron chi connectivity index (χ3n) is 1.93. The van der Waals surface area contributed by atoms with Crippen LogP contribution in [0.2, 0.25) is 0 Å². The van der Waals surface area contributed by atoms with Crippen LogP contribution in [0.4, 0.5) is 0 Å². The SMILES string of the molecule is CCC(C)COC(=O)CCCS(=O)O. The summed E-state index contributed by atoms with van der Waals surface area (Å²) in [5.41, 5.74) is 0. The largest absolute Gasteiger partial charge is 0.465 e. The van der Waals surface area contributed by atoms with Crippen LogP contribution >= 0.6 is 0 Å². The summed E-state index contributed by atoms with van der Waals surface area (Å²) in [5, 5.41) is 0. The molecule has 0 saturated carbocycles. The number of hydrogen-bond acceptors (Lipinski definition) is 3. The van der Waals surface area contributed by atoms with Crippen molar-refractivity contribution in [2.75, 3.05) is 12.4 Å². The van der Waals surface area contributed by atoms with Crippen LogP contribution < -0.4 is 0 Å². The quantitative estimate of drug-likeness (QED) is 0.524. The molecule has 0 aliphatic carbocycles. The van der Waals surface area contributed by atoms with Gasteiger partial charge in [-0.05, 0) is 12.3 Å². The van der Waals surface area contributed by atoms with Crippen LogP contribution in [0.3, 0.4) is 0 Å². The molecule has 84 valence electrons. The van der Waals surface area contributed by atoms with Gasteiger partial charge in [-0.3, -0.25) is 4.79 Å². The van der Waals surface area contributed by atoms with Crippen LogP contribution in [0.1, 0.15) is 33.1 Å². The summed E-state index contributed by atoms with van der Waals surface area (Å²) in [6.45, 7) is 4.49. The van der Waals surface area contributed by atoms with E-state index in [1.165, 1.54) is 0 Å². The van der Waals surface area contributed by atoms with E-state index >= 15 is 0 Å². The molecule has 0 saturated heterocycles. The van der Waals surface area contributed by atoms with Gasteiger partial charge in [0.15, 0.2) is 11.1 Å². The van der Waals surface area contributed by atoms with Crippen LogP contribution in [-0.2, 0) is 20.6 Å². The third kappa shape index (κ3) is 8.19. The molecule has 0 rings (SSSR count). The van der Waals surface area contributed by atoms with Gasteiger partial charge in [0.2, 0.25) is 0 Å². The molecule has 0 bridgehead atoms. The zero-order chi connectivity index (χ0) is 11.0. The predicted molar refractivity (Wildman–Crippen MR) is 55.3 cm³/mol. The van der Waals surface area contributed by atoms with Gasteiger partial charge < -0.3 is 9.29 Å². The standard InChI is InChI=1S/C9H18O4S/c1-3-8(2)7-13-9(10)5-4-6-14(11)12/h8H,3-7H2,1-2H3,(H,11,12). The molecular formula is C9H18O4S. The Balaban J connectivity index is 3.41. The fourth-order valence-electron chi connectivity index (χ4n) is 0.765. The highest BCUT2D eigenvalue weighted by Gasteiger charge is 2.06. The lowest BCUT2D eigenvalue weighted by Gasteiger charge is -2.08. The minimum atomic E-state index is -1.80. The zero-order valence-corrected chi connectivity index (χ0v) is 9.51. The van der Waals surface area contributed by atoms with Crippen molar-refractivity contribution in [2.45, 2.75) is 33.1 Å². The molecular weight excluding hydrogens is 204 g/mol. The molecule has 1 N–H and O–H groups in total. The minimum Gasteiger partial charge on any atom is -0.465 e. The van der Waals surface area contributed by atoms with E-state index in [9.17, 15) is 9.00 Å². The van der Waals surface area contributed by atoms with Gasteiger partial charge in [0, 0.05) is 12.2 Å². The van der Waals surface area contributed by atoms with E-state index < -0.39 is 11.1 Å². The Morgan fingerprint density at radius 2 is 2.21 bits per heavy atom. The minimum absolute atomic E-state index is 0.137. The number of ether oxygens (including phenoxy) is 1. The Kier molecular flexibility index (Phi) is 7.70. The first-order chi connectivity index (χ1) is 6.56. The van der Waals surface area contributed by atoms with Crippen LogP contribution in [0, 0.1) is 5.92 Å². The topological polar surface area (TPSA) is 63.6 Å². The summed E-state index contributed by atoms with van der Waals surface area (Å²) < 4.78 is 23.7.